The third kappa shape index (κ3) is 2.33. The van der Waals surface area contributed by atoms with E-state index in [1.807, 2.05) is 25.1 Å². The number of nitrogens with zero attached hydrogens (tertiary/aromatic N) is 2. The van der Waals surface area contributed by atoms with E-state index in [2.05, 4.69) is 10.1 Å². The van der Waals surface area contributed by atoms with Gasteiger partial charge in [0.1, 0.15) is 5.75 Å². The summed E-state index contributed by atoms with van der Waals surface area (Å²) in [6.45, 7) is 2.24. The van der Waals surface area contributed by atoms with Crippen LogP contribution in [0.15, 0.2) is 22.7 Å². The summed E-state index contributed by atoms with van der Waals surface area (Å²) < 4.78 is 10.8. The van der Waals surface area contributed by atoms with Crippen LogP contribution in [0.4, 0.5) is 0 Å². The van der Waals surface area contributed by atoms with E-state index in [0.717, 1.165) is 36.1 Å². The number of aryl methyl sites for hydroxylation is 1. The number of rotatable bonds is 4. The van der Waals surface area contributed by atoms with E-state index >= 15 is 0 Å². The van der Waals surface area contributed by atoms with Gasteiger partial charge in [-0.15, -0.1) is 0 Å². The standard InChI is InChI=1S/C14H16N2O3/c1-2-13-15-14(19-16-13)8-18-12-5-3-4-9-10(12)6-7-11(9)17/h3-5,11,17H,2,6-8H2,1H3. The molecule has 0 radical (unpaired) electrons. The van der Waals surface area contributed by atoms with Crippen molar-refractivity contribution in [3.63, 3.8) is 0 Å². The van der Waals surface area contributed by atoms with Crippen LogP contribution in [0.2, 0.25) is 0 Å². The van der Waals surface area contributed by atoms with Gasteiger partial charge in [-0.05, 0) is 24.5 Å². The zero-order chi connectivity index (χ0) is 13.2. The molecule has 1 aromatic carbocycles. The van der Waals surface area contributed by atoms with Crippen molar-refractivity contribution in [2.45, 2.75) is 38.9 Å². The molecule has 0 spiro atoms. The number of fused-ring (bicyclic) bond motifs is 1. The number of aromatic nitrogens is 2. The highest BCUT2D eigenvalue weighted by atomic mass is 16.5. The molecule has 1 aromatic heterocycles. The summed E-state index contributed by atoms with van der Waals surface area (Å²) in [6, 6.07) is 5.75. The summed E-state index contributed by atoms with van der Waals surface area (Å²) in [6.07, 6.45) is 1.98. The Balaban J connectivity index is 1.74. The average molecular weight is 260 g/mol. The summed E-state index contributed by atoms with van der Waals surface area (Å²) in [7, 11) is 0. The molecule has 1 aliphatic carbocycles. The van der Waals surface area contributed by atoms with Crippen LogP contribution in [-0.2, 0) is 19.4 Å². The van der Waals surface area contributed by atoms with Crippen molar-refractivity contribution in [1.82, 2.24) is 10.1 Å². The van der Waals surface area contributed by atoms with E-state index in [1.165, 1.54) is 0 Å². The van der Waals surface area contributed by atoms with Gasteiger partial charge in [-0.1, -0.05) is 24.2 Å². The first-order valence-corrected chi connectivity index (χ1v) is 6.52. The van der Waals surface area contributed by atoms with Gasteiger partial charge >= 0.3 is 0 Å². The molecule has 100 valence electrons. The average Bonchev–Trinajstić information content (AvgIpc) is 3.04. The Morgan fingerprint density at radius 2 is 2.37 bits per heavy atom. The summed E-state index contributed by atoms with van der Waals surface area (Å²) in [5.41, 5.74) is 2.06. The first kappa shape index (κ1) is 12.2. The van der Waals surface area contributed by atoms with Gasteiger partial charge in [0.25, 0.3) is 5.89 Å². The van der Waals surface area contributed by atoms with E-state index in [0.29, 0.717) is 11.7 Å². The SMILES string of the molecule is CCc1noc(COc2cccc3c2CCC3O)n1. The first-order chi connectivity index (χ1) is 9.28. The Morgan fingerprint density at radius 3 is 3.16 bits per heavy atom. The number of benzene rings is 1. The fourth-order valence-corrected chi connectivity index (χ4v) is 2.37. The van der Waals surface area contributed by atoms with Crippen molar-refractivity contribution in [2.75, 3.05) is 0 Å². The van der Waals surface area contributed by atoms with Gasteiger partial charge in [0.05, 0.1) is 6.10 Å². The molecule has 3 rings (SSSR count). The van der Waals surface area contributed by atoms with Crippen LogP contribution in [0.3, 0.4) is 0 Å². The van der Waals surface area contributed by atoms with Crippen LogP contribution in [0.1, 0.15) is 42.3 Å². The highest BCUT2D eigenvalue weighted by molar-refractivity contribution is 5.44. The van der Waals surface area contributed by atoms with E-state index in [-0.39, 0.29) is 12.7 Å². The molecule has 1 aliphatic rings. The number of ether oxygens (including phenoxy) is 1. The Kier molecular flexibility index (Phi) is 3.21. The van der Waals surface area contributed by atoms with Crippen molar-refractivity contribution < 1.29 is 14.4 Å². The van der Waals surface area contributed by atoms with Crippen LogP contribution in [-0.4, -0.2) is 15.2 Å². The molecule has 1 N–H and O–H groups in total. The Bertz CT molecular complexity index is 580. The van der Waals surface area contributed by atoms with E-state index < -0.39 is 0 Å². The van der Waals surface area contributed by atoms with Crippen molar-refractivity contribution in [1.29, 1.82) is 0 Å². The molecular formula is C14H16N2O3. The Hall–Kier alpha value is -1.88. The monoisotopic (exact) mass is 260 g/mol. The molecule has 0 bridgehead atoms. The topological polar surface area (TPSA) is 68.4 Å². The predicted molar refractivity (Wildman–Crippen MR) is 67.7 cm³/mol. The highest BCUT2D eigenvalue weighted by Crippen LogP contribution is 2.36. The molecule has 1 atom stereocenters. The summed E-state index contributed by atoms with van der Waals surface area (Å²) >= 11 is 0. The van der Waals surface area contributed by atoms with Crippen LogP contribution in [0, 0.1) is 0 Å². The zero-order valence-electron chi connectivity index (χ0n) is 10.8. The quantitative estimate of drug-likeness (QED) is 0.912. The molecule has 19 heavy (non-hydrogen) atoms. The van der Waals surface area contributed by atoms with Crippen molar-refractivity contribution in [2.24, 2.45) is 0 Å². The third-order valence-electron chi connectivity index (χ3n) is 3.37. The Morgan fingerprint density at radius 1 is 1.47 bits per heavy atom. The van der Waals surface area contributed by atoms with Crippen molar-refractivity contribution >= 4 is 0 Å². The smallest absolute Gasteiger partial charge is 0.264 e. The second-order valence-corrected chi connectivity index (χ2v) is 4.62. The molecule has 0 saturated carbocycles. The van der Waals surface area contributed by atoms with Gasteiger partial charge in [-0.25, -0.2) is 0 Å². The maximum absolute atomic E-state index is 9.83. The van der Waals surface area contributed by atoms with Crippen molar-refractivity contribution in [3.8, 4) is 5.75 Å². The summed E-state index contributed by atoms with van der Waals surface area (Å²) in [5, 5.41) is 13.7. The maximum Gasteiger partial charge on any atom is 0.264 e. The van der Waals surface area contributed by atoms with Crippen LogP contribution >= 0.6 is 0 Å². The second kappa shape index (κ2) is 5.01. The molecule has 2 aromatic rings. The van der Waals surface area contributed by atoms with Crippen LogP contribution in [0.25, 0.3) is 0 Å². The second-order valence-electron chi connectivity index (χ2n) is 4.62. The maximum atomic E-state index is 9.83. The first-order valence-electron chi connectivity index (χ1n) is 6.52. The minimum atomic E-state index is -0.367. The zero-order valence-corrected chi connectivity index (χ0v) is 10.8. The molecule has 1 unspecified atom stereocenters. The largest absolute Gasteiger partial charge is 0.483 e. The highest BCUT2D eigenvalue weighted by Gasteiger charge is 2.23. The number of hydrogen-bond acceptors (Lipinski definition) is 5. The molecular weight excluding hydrogens is 244 g/mol. The predicted octanol–water partition coefficient (Wildman–Crippen LogP) is 2.19. The van der Waals surface area contributed by atoms with Gasteiger partial charge in [0.2, 0.25) is 0 Å². The molecule has 0 saturated heterocycles. The lowest BCUT2D eigenvalue weighted by Crippen LogP contribution is -1.99. The van der Waals surface area contributed by atoms with Crippen molar-refractivity contribution in [3.05, 3.63) is 41.0 Å². The van der Waals surface area contributed by atoms with Gasteiger partial charge in [-0.3, -0.25) is 0 Å². The number of aliphatic hydroxyl groups is 1. The fourth-order valence-electron chi connectivity index (χ4n) is 2.37. The normalized spacial score (nSPS) is 17.5. The lowest BCUT2D eigenvalue weighted by Gasteiger charge is -2.09. The number of hydrogen-bond donors (Lipinski definition) is 1. The lowest BCUT2D eigenvalue weighted by molar-refractivity contribution is 0.180. The van der Waals surface area contributed by atoms with Gasteiger partial charge in [-0.2, -0.15) is 4.98 Å². The lowest BCUT2D eigenvalue weighted by atomic mass is 10.1. The molecule has 5 nitrogen and oxygen atoms in total. The van der Waals surface area contributed by atoms with Gasteiger partial charge in [0.15, 0.2) is 12.4 Å². The molecule has 0 fully saturated rings. The minimum Gasteiger partial charge on any atom is -0.483 e. The number of aliphatic hydroxyl groups excluding tert-OH is 1. The van der Waals surface area contributed by atoms with Gasteiger partial charge < -0.3 is 14.4 Å². The summed E-state index contributed by atoms with van der Waals surface area (Å²) in [4.78, 5) is 4.20. The molecule has 0 aliphatic heterocycles. The van der Waals surface area contributed by atoms with E-state index in [9.17, 15) is 5.11 Å². The Labute approximate surface area is 111 Å². The third-order valence-corrected chi connectivity index (χ3v) is 3.37. The van der Waals surface area contributed by atoms with E-state index in [1.54, 1.807) is 0 Å². The molecule has 5 heteroatoms. The molecule has 0 amide bonds. The molecule has 1 heterocycles. The van der Waals surface area contributed by atoms with E-state index in [4.69, 9.17) is 9.26 Å². The van der Waals surface area contributed by atoms with Gasteiger partial charge in [0, 0.05) is 12.0 Å². The summed E-state index contributed by atoms with van der Waals surface area (Å²) in [5.74, 6) is 1.96. The van der Waals surface area contributed by atoms with Crippen LogP contribution < -0.4 is 4.74 Å². The minimum absolute atomic E-state index is 0.263. The fraction of sp³-hybridized carbons (Fsp3) is 0.429. The van der Waals surface area contributed by atoms with Crippen LogP contribution in [0.5, 0.6) is 5.75 Å².